The molecule has 0 atom stereocenters. The standard InChI is InChI=1S/C16H17ClN4/c1-9-5-6-10(2)13(7-9)8-14-18-19-16-12(4)11(3)15(17)20-21(14)16/h5-7H,8H2,1-4H3. The zero-order valence-electron chi connectivity index (χ0n) is 12.6. The van der Waals surface area contributed by atoms with E-state index in [1.54, 1.807) is 4.52 Å². The van der Waals surface area contributed by atoms with Crippen molar-refractivity contribution in [1.29, 1.82) is 0 Å². The molecule has 4 nitrogen and oxygen atoms in total. The lowest BCUT2D eigenvalue weighted by atomic mass is 10.0. The topological polar surface area (TPSA) is 43.1 Å². The van der Waals surface area contributed by atoms with Gasteiger partial charge in [0.1, 0.15) is 0 Å². The maximum atomic E-state index is 6.19. The average Bonchev–Trinajstić information content (AvgIpc) is 2.83. The van der Waals surface area contributed by atoms with E-state index in [0.29, 0.717) is 11.6 Å². The Morgan fingerprint density at radius 1 is 1.05 bits per heavy atom. The molecule has 0 fully saturated rings. The number of rotatable bonds is 2. The van der Waals surface area contributed by atoms with Crippen molar-refractivity contribution in [3.63, 3.8) is 0 Å². The molecular formula is C16H17ClN4. The lowest BCUT2D eigenvalue weighted by Crippen LogP contribution is -2.04. The first kappa shape index (κ1) is 14.0. The van der Waals surface area contributed by atoms with Crippen LogP contribution in [0.2, 0.25) is 5.15 Å². The zero-order valence-corrected chi connectivity index (χ0v) is 13.4. The van der Waals surface area contributed by atoms with Crippen LogP contribution in [0.4, 0.5) is 0 Å². The zero-order chi connectivity index (χ0) is 15.1. The number of hydrogen-bond acceptors (Lipinski definition) is 3. The second-order valence-corrected chi connectivity index (χ2v) is 5.86. The Morgan fingerprint density at radius 3 is 2.57 bits per heavy atom. The Hall–Kier alpha value is -1.94. The summed E-state index contributed by atoms with van der Waals surface area (Å²) in [6.07, 6.45) is 0.695. The first-order valence-corrected chi connectivity index (χ1v) is 7.28. The molecule has 0 spiro atoms. The van der Waals surface area contributed by atoms with E-state index in [1.807, 2.05) is 13.8 Å². The van der Waals surface area contributed by atoms with Gasteiger partial charge in [-0.15, -0.1) is 10.2 Å². The van der Waals surface area contributed by atoms with Crippen molar-refractivity contribution in [2.75, 3.05) is 0 Å². The number of fused-ring (bicyclic) bond motifs is 1. The molecule has 0 saturated carbocycles. The van der Waals surface area contributed by atoms with E-state index in [9.17, 15) is 0 Å². The number of aryl methyl sites for hydroxylation is 3. The number of aromatic nitrogens is 4. The molecule has 2 aromatic heterocycles. The minimum Gasteiger partial charge on any atom is -0.195 e. The molecule has 0 aliphatic carbocycles. The smallest absolute Gasteiger partial charge is 0.181 e. The molecule has 0 aliphatic heterocycles. The second kappa shape index (κ2) is 5.11. The van der Waals surface area contributed by atoms with Gasteiger partial charge in [-0.1, -0.05) is 35.4 Å². The molecule has 0 N–H and O–H groups in total. The Bertz CT molecular complexity index is 836. The van der Waals surface area contributed by atoms with Gasteiger partial charge in [0.15, 0.2) is 16.6 Å². The van der Waals surface area contributed by atoms with Gasteiger partial charge in [-0.05, 0) is 44.4 Å². The van der Waals surface area contributed by atoms with Crippen molar-refractivity contribution in [2.45, 2.75) is 34.1 Å². The minimum atomic E-state index is 0.502. The van der Waals surface area contributed by atoms with Crippen molar-refractivity contribution in [3.8, 4) is 0 Å². The Labute approximate surface area is 128 Å². The molecule has 2 heterocycles. The summed E-state index contributed by atoms with van der Waals surface area (Å²) >= 11 is 6.19. The van der Waals surface area contributed by atoms with Crippen LogP contribution in [0.3, 0.4) is 0 Å². The molecule has 108 valence electrons. The largest absolute Gasteiger partial charge is 0.195 e. The van der Waals surface area contributed by atoms with E-state index in [4.69, 9.17) is 11.6 Å². The highest BCUT2D eigenvalue weighted by Gasteiger charge is 2.14. The van der Waals surface area contributed by atoms with E-state index < -0.39 is 0 Å². The first-order valence-electron chi connectivity index (χ1n) is 6.90. The maximum absolute atomic E-state index is 6.19. The molecule has 0 radical (unpaired) electrons. The van der Waals surface area contributed by atoms with Crippen LogP contribution in [-0.4, -0.2) is 19.8 Å². The van der Waals surface area contributed by atoms with E-state index in [-0.39, 0.29) is 0 Å². The summed E-state index contributed by atoms with van der Waals surface area (Å²) in [5, 5.41) is 13.5. The predicted molar refractivity (Wildman–Crippen MR) is 84.0 cm³/mol. The van der Waals surface area contributed by atoms with E-state index in [0.717, 1.165) is 22.6 Å². The predicted octanol–water partition coefficient (Wildman–Crippen LogP) is 3.60. The summed E-state index contributed by atoms with van der Waals surface area (Å²) in [4.78, 5) is 0. The van der Waals surface area contributed by atoms with Crippen molar-refractivity contribution in [1.82, 2.24) is 19.8 Å². The van der Waals surface area contributed by atoms with Crippen LogP contribution < -0.4 is 0 Å². The van der Waals surface area contributed by atoms with E-state index in [2.05, 4.69) is 47.3 Å². The fourth-order valence-electron chi connectivity index (χ4n) is 2.41. The van der Waals surface area contributed by atoms with Gasteiger partial charge >= 0.3 is 0 Å². The van der Waals surface area contributed by atoms with Crippen LogP contribution in [0, 0.1) is 27.7 Å². The number of nitrogens with zero attached hydrogens (tertiary/aromatic N) is 4. The molecule has 3 aromatic rings. The molecule has 0 bridgehead atoms. The molecule has 0 amide bonds. The summed E-state index contributed by atoms with van der Waals surface area (Å²) in [6.45, 7) is 8.14. The summed E-state index contributed by atoms with van der Waals surface area (Å²) in [7, 11) is 0. The second-order valence-electron chi connectivity index (χ2n) is 5.50. The van der Waals surface area contributed by atoms with Gasteiger partial charge < -0.3 is 0 Å². The summed E-state index contributed by atoms with van der Waals surface area (Å²) < 4.78 is 1.76. The molecule has 0 saturated heterocycles. The van der Waals surface area contributed by atoms with E-state index in [1.165, 1.54) is 16.7 Å². The van der Waals surface area contributed by atoms with Gasteiger partial charge in [0.25, 0.3) is 0 Å². The molecule has 5 heteroatoms. The van der Waals surface area contributed by atoms with Gasteiger partial charge in [-0.3, -0.25) is 0 Å². The van der Waals surface area contributed by atoms with Crippen LogP contribution in [-0.2, 0) is 6.42 Å². The van der Waals surface area contributed by atoms with Gasteiger partial charge in [-0.25, -0.2) is 0 Å². The lowest BCUT2D eigenvalue weighted by Gasteiger charge is -2.07. The molecule has 21 heavy (non-hydrogen) atoms. The Kier molecular flexibility index (Phi) is 3.41. The summed E-state index contributed by atoms with van der Waals surface area (Å²) in [5.41, 5.74) is 6.47. The van der Waals surface area contributed by atoms with Crippen molar-refractivity contribution in [2.24, 2.45) is 0 Å². The number of benzene rings is 1. The first-order chi connectivity index (χ1) is 9.97. The molecule has 3 rings (SSSR count). The summed E-state index contributed by atoms with van der Waals surface area (Å²) in [6, 6.07) is 6.42. The van der Waals surface area contributed by atoms with Crippen molar-refractivity contribution in [3.05, 3.63) is 57.0 Å². The van der Waals surface area contributed by atoms with Gasteiger partial charge in [0.05, 0.1) is 0 Å². The van der Waals surface area contributed by atoms with E-state index >= 15 is 0 Å². The highest BCUT2D eigenvalue weighted by atomic mass is 35.5. The van der Waals surface area contributed by atoms with Crippen LogP contribution in [0.25, 0.3) is 5.65 Å². The van der Waals surface area contributed by atoms with Crippen LogP contribution >= 0.6 is 11.6 Å². The Morgan fingerprint density at radius 2 is 1.81 bits per heavy atom. The normalized spacial score (nSPS) is 11.3. The van der Waals surface area contributed by atoms with Crippen molar-refractivity contribution < 1.29 is 0 Å². The van der Waals surface area contributed by atoms with Crippen LogP contribution in [0.5, 0.6) is 0 Å². The average molecular weight is 301 g/mol. The molecule has 0 unspecified atom stereocenters. The number of halogens is 1. The molecular weight excluding hydrogens is 284 g/mol. The molecule has 1 aromatic carbocycles. The van der Waals surface area contributed by atoms with Gasteiger partial charge in [0.2, 0.25) is 0 Å². The molecule has 0 aliphatic rings. The third-order valence-electron chi connectivity index (χ3n) is 3.95. The Balaban J connectivity index is 2.12. The van der Waals surface area contributed by atoms with Crippen LogP contribution in [0.1, 0.15) is 33.6 Å². The fraction of sp³-hybridized carbons (Fsp3) is 0.312. The van der Waals surface area contributed by atoms with Crippen molar-refractivity contribution >= 4 is 17.2 Å². The lowest BCUT2D eigenvalue weighted by molar-refractivity contribution is 0.829. The van der Waals surface area contributed by atoms with Gasteiger partial charge in [0, 0.05) is 12.0 Å². The fourth-order valence-corrected chi connectivity index (χ4v) is 2.62. The monoisotopic (exact) mass is 300 g/mol. The maximum Gasteiger partial charge on any atom is 0.181 e. The quantitative estimate of drug-likeness (QED) is 0.726. The van der Waals surface area contributed by atoms with Gasteiger partial charge in [-0.2, -0.15) is 9.61 Å². The van der Waals surface area contributed by atoms with Crippen LogP contribution in [0.15, 0.2) is 18.2 Å². The summed E-state index contributed by atoms with van der Waals surface area (Å²) in [5.74, 6) is 0.809. The highest BCUT2D eigenvalue weighted by molar-refractivity contribution is 6.30. The minimum absolute atomic E-state index is 0.502. The number of hydrogen-bond donors (Lipinski definition) is 0. The SMILES string of the molecule is Cc1ccc(C)c(Cc2nnc3c(C)c(C)c(Cl)nn23)c1. The highest BCUT2D eigenvalue weighted by Crippen LogP contribution is 2.21. The third-order valence-corrected chi connectivity index (χ3v) is 4.31. The third kappa shape index (κ3) is 2.40.